The quantitative estimate of drug-likeness (QED) is 0.874. The van der Waals surface area contributed by atoms with Crippen molar-refractivity contribution in [2.45, 2.75) is 6.54 Å². The molecular formula is C8H8BrN3O. The standard InChI is InChI=1S/C8H8BrN3O/c9-7-2-1-6(13-7)5-12-8(10)3-4-11-12/h1-4H,5,10H2. The van der Waals surface area contributed by atoms with E-state index in [1.54, 1.807) is 16.9 Å². The lowest BCUT2D eigenvalue weighted by Gasteiger charge is -1.99. The van der Waals surface area contributed by atoms with Gasteiger partial charge in [-0.3, -0.25) is 0 Å². The van der Waals surface area contributed by atoms with Crippen molar-refractivity contribution < 1.29 is 4.42 Å². The third-order valence-electron chi connectivity index (χ3n) is 1.68. The minimum atomic E-state index is 0.560. The van der Waals surface area contributed by atoms with Crippen LogP contribution in [-0.4, -0.2) is 9.78 Å². The predicted octanol–water partition coefficient (Wildman–Crippen LogP) is 1.87. The summed E-state index contributed by atoms with van der Waals surface area (Å²) in [4.78, 5) is 0. The van der Waals surface area contributed by atoms with Crippen LogP contribution < -0.4 is 5.73 Å². The maximum atomic E-state index is 5.64. The van der Waals surface area contributed by atoms with Gasteiger partial charge in [-0.15, -0.1) is 0 Å². The first kappa shape index (κ1) is 8.37. The summed E-state index contributed by atoms with van der Waals surface area (Å²) in [5.41, 5.74) is 5.64. The number of aromatic nitrogens is 2. The minimum absolute atomic E-state index is 0.560. The number of nitrogens with zero attached hydrogens (tertiary/aromatic N) is 2. The molecule has 5 heteroatoms. The van der Waals surface area contributed by atoms with E-state index in [4.69, 9.17) is 10.2 Å². The number of nitrogens with two attached hydrogens (primary N) is 1. The number of hydrogen-bond acceptors (Lipinski definition) is 3. The van der Waals surface area contributed by atoms with Crippen LogP contribution >= 0.6 is 15.9 Å². The molecule has 2 aromatic heterocycles. The van der Waals surface area contributed by atoms with Crippen LogP contribution in [0.15, 0.2) is 33.5 Å². The van der Waals surface area contributed by atoms with Gasteiger partial charge in [-0.05, 0) is 34.1 Å². The summed E-state index contributed by atoms with van der Waals surface area (Å²) in [5.74, 6) is 1.45. The summed E-state index contributed by atoms with van der Waals surface area (Å²) in [6.45, 7) is 0.560. The predicted molar refractivity (Wildman–Crippen MR) is 52.1 cm³/mol. The highest BCUT2D eigenvalue weighted by Gasteiger charge is 2.02. The molecule has 0 bridgehead atoms. The number of anilines is 1. The summed E-state index contributed by atoms with van der Waals surface area (Å²) in [7, 11) is 0. The fraction of sp³-hybridized carbons (Fsp3) is 0.125. The Labute approximate surface area is 83.5 Å². The highest BCUT2D eigenvalue weighted by molar-refractivity contribution is 9.10. The molecule has 0 amide bonds. The van der Waals surface area contributed by atoms with E-state index in [2.05, 4.69) is 21.0 Å². The summed E-state index contributed by atoms with van der Waals surface area (Å²) >= 11 is 3.23. The Hall–Kier alpha value is -1.23. The second-order valence-electron chi connectivity index (χ2n) is 2.62. The van der Waals surface area contributed by atoms with Gasteiger partial charge in [-0.1, -0.05) is 0 Å². The average Bonchev–Trinajstić information content (AvgIpc) is 2.64. The fourth-order valence-electron chi connectivity index (χ4n) is 1.06. The topological polar surface area (TPSA) is 57.0 Å². The average molecular weight is 242 g/mol. The maximum absolute atomic E-state index is 5.64. The van der Waals surface area contributed by atoms with E-state index in [1.165, 1.54) is 0 Å². The second-order valence-corrected chi connectivity index (χ2v) is 3.40. The van der Waals surface area contributed by atoms with E-state index >= 15 is 0 Å². The van der Waals surface area contributed by atoms with Crippen molar-refractivity contribution in [2.75, 3.05) is 5.73 Å². The Balaban J connectivity index is 2.19. The molecule has 68 valence electrons. The molecule has 2 N–H and O–H groups in total. The van der Waals surface area contributed by atoms with Crippen LogP contribution in [0.4, 0.5) is 5.82 Å². The van der Waals surface area contributed by atoms with Crippen molar-refractivity contribution in [3.63, 3.8) is 0 Å². The molecule has 0 unspecified atom stereocenters. The van der Waals surface area contributed by atoms with E-state index in [-0.39, 0.29) is 0 Å². The van der Waals surface area contributed by atoms with E-state index in [0.29, 0.717) is 17.0 Å². The summed E-state index contributed by atoms with van der Waals surface area (Å²) in [5, 5.41) is 4.04. The normalized spacial score (nSPS) is 10.5. The molecule has 0 atom stereocenters. The fourth-order valence-corrected chi connectivity index (χ4v) is 1.40. The van der Waals surface area contributed by atoms with Crippen LogP contribution in [-0.2, 0) is 6.54 Å². The number of rotatable bonds is 2. The zero-order valence-electron chi connectivity index (χ0n) is 6.77. The lowest BCUT2D eigenvalue weighted by Crippen LogP contribution is -2.04. The smallest absolute Gasteiger partial charge is 0.169 e. The Morgan fingerprint density at radius 3 is 2.85 bits per heavy atom. The lowest BCUT2D eigenvalue weighted by atomic mass is 10.4. The van der Waals surface area contributed by atoms with E-state index in [1.807, 2.05) is 12.1 Å². The zero-order valence-corrected chi connectivity index (χ0v) is 8.36. The summed E-state index contributed by atoms with van der Waals surface area (Å²) in [6.07, 6.45) is 1.66. The van der Waals surface area contributed by atoms with Crippen LogP contribution in [0.5, 0.6) is 0 Å². The van der Waals surface area contributed by atoms with Gasteiger partial charge in [0.25, 0.3) is 0 Å². The molecule has 0 saturated heterocycles. The molecular weight excluding hydrogens is 234 g/mol. The molecule has 0 aliphatic rings. The summed E-state index contributed by atoms with van der Waals surface area (Å²) in [6, 6.07) is 5.47. The van der Waals surface area contributed by atoms with Crippen LogP contribution in [0, 0.1) is 0 Å². The largest absolute Gasteiger partial charge is 0.452 e. The molecule has 0 aromatic carbocycles. The van der Waals surface area contributed by atoms with Crippen molar-refractivity contribution in [1.82, 2.24) is 9.78 Å². The van der Waals surface area contributed by atoms with Crippen LogP contribution in [0.25, 0.3) is 0 Å². The van der Waals surface area contributed by atoms with Gasteiger partial charge >= 0.3 is 0 Å². The Morgan fingerprint density at radius 2 is 2.31 bits per heavy atom. The van der Waals surface area contributed by atoms with Crippen molar-refractivity contribution in [1.29, 1.82) is 0 Å². The molecule has 0 aliphatic heterocycles. The van der Waals surface area contributed by atoms with Crippen LogP contribution in [0.1, 0.15) is 5.76 Å². The van der Waals surface area contributed by atoms with Gasteiger partial charge in [0, 0.05) is 0 Å². The van der Waals surface area contributed by atoms with E-state index in [0.717, 1.165) is 5.76 Å². The molecule has 0 aliphatic carbocycles. The van der Waals surface area contributed by atoms with E-state index < -0.39 is 0 Å². The Bertz CT molecular complexity index is 407. The third kappa shape index (κ3) is 1.75. The van der Waals surface area contributed by atoms with Gasteiger partial charge in [0.05, 0.1) is 6.20 Å². The van der Waals surface area contributed by atoms with Gasteiger partial charge in [0.2, 0.25) is 0 Å². The van der Waals surface area contributed by atoms with Crippen molar-refractivity contribution >= 4 is 21.7 Å². The molecule has 13 heavy (non-hydrogen) atoms. The number of furan rings is 1. The summed E-state index contributed by atoms with van der Waals surface area (Å²) < 4.78 is 7.70. The SMILES string of the molecule is Nc1ccnn1Cc1ccc(Br)o1. The highest BCUT2D eigenvalue weighted by atomic mass is 79.9. The van der Waals surface area contributed by atoms with Gasteiger partial charge < -0.3 is 10.2 Å². The molecule has 0 spiro atoms. The highest BCUT2D eigenvalue weighted by Crippen LogP contribution is 2.15. The number of nitrogen functional groups attached to an aromatic ring is 1. The third-order valence-corrected chi connectivity index (χ3v) is 2.11. The number of halogens is 1. The molecule has 2 aromatic rings. The van der Waals surface area contributed by atoms with Crippen molar-refractivity contribution in [3.8, 4) is 0 Å². The maximum Gasteiger partial charge on any atom is 0.169 e. The van der Waals surface area contributed by atoms with E-state index in [9.17, 15) is 0 Å². The second kappa shape index (κ2) is 3.26. The van der Waals surface area contributed by atoms with Gasteiger partial charge in [-0.25, -0.2) is 4.68 Å². The first-order valence-corrected chi connectivity index (χ1v) is 4.56. The molecule has 0 fully saturated rings. The first-order chi connectivity index (χ1) is 6.25. The number of hydrogen-bond donors (Lipinski definition) is 1. The molecule has 0 radical (unpaired) electrons. The van der Waals surface area contributed by atoms with Crippen molar-refractivity contribution in [3.05, 3.63) is 34.8 Å². The van der Waals surface area contributed by atoms with Gasteiger partial charge in [-0.2, -0.15) is 5.10 Å². The van der Waals surface area contributed by atoms with Crippen LogP contribution in [0.2, 0.25) is 0 Å². The lowest BCUT2D eigenvalue weighted by molar-refractivity contribution is 0.464. The monoisotopic (exact) mass is 241 g/mol. The van der Waals surface area contributed by atoms with Crippen molar-refractivity contribution in [2.24, 2.45) is 0 Å². The van der Waals surface area contributed by atoms with Gasteiger partial charge in [0.15, 0.2) is 4.67 Å². The zero-order chi connectivity index (χ0) is 9.26. The Kier molecular flexibility index (Phi) is 2.10. The molecule has 2 heterocycles. The first-order valence-electron chi connectivity index (χ1n) is 3.77. The van der Waals surface area contributed by atoms with Crippen LogP contribution in [0.3, 0.4) is 0 Å². The minimum Gasteiger partial charge on any atom is -0.452 e. The molecule has 0 saturated carbocycles. The van der Waals surface area contributed by atoms with Gasteiger partial charge in [0.1, 0.15) is 18.1 Å². The Morgan fingerprint density at radius 1 is 1.46 bits per heavy atom. The molecule has 2 rings (SSSR count). The molecule has 4 nitrogen and oxygen atoms in total.